The number of carboxylic acids is 1. The molecule has 1 N–H and O–H groups in total. The van der Waals surface area contributed by atoms with E-state index in [1.165, 1.54) is 0 Å². The number of nitrogens with zero attached hydrogens (tertiary/aromatic N) is 2. The van der Waals surface area contributed by atoms with Crippen molar-refractivity contribution in [3.05, 3.63) is 34.7 Å². The van der Waals surface area contributed by atoms with Crippen molar-refractivity contribution in [3.63, 3.8) is 0 Å². The lowest BCUT2D eigenvalue weighted by atomic mass is 9.97. The largest absolute Gasteiger partial charge is 0.481 e. The van der Waals surface area contributed by atoms with Crippen LogP contribution in [0, 0.1) is 5.92 Å². The molecule has 4 nitrogen and oxygen atoms in total. The molecule has 1 fully saturated rings. The Morgan fingerprint density at radius 3 is 2.82 bits per heavy atom. The van der Waals surface area contributed by atoms with Crippen molar-refractivity contribution in [2.75, 3.05) is 18.0 Å². The van der Waals surface area contributed by atoms with Crippen LogP contribution in [0.2, 0.25) is 0 Å². The number of hydrogen-bond acceptors (Lipinski definition) is 4. The van der Waals surface area contributed by atoms with Crippen LogP contribution in [0.1, 0.15) is 24.8 Å². The van der Waals surface area contributed by atoms with Gasteiger partial charge in [-0.15, -0.1) is 11.3 Å². The Morgan fingerprint density at radius 2 is 2.18 bits per heavy atom. The van der Waals surface area contributed by atoms with E-state index in [0.29, 0.717) is 6.54 Å². The molecule has 1 aliphatic rings. The number of carboxylic acid groups (broad SMARTS) is 1. The summed E-state index contributed by atoms with van der Waals surface area (Å²) < 4.78 is 0. The fourth-order valence-electron chi connectivity index (χ4n) is 2.86. The summed E-state index contributed by atoms with van der Waals surface area (Å²) in [5.41, 5.74) is 3.24. The van der Waals surface area contributed by atoms with Crippen LogP contribution in [0.5, 0.6) is 0 Å². The maximum Gasteiger partial charge on any atom is 0.308 e. The van der Waals surface area contributed by atoms with Crippen LogP contribution in [0.3, 0.4) is 0 Å². The molecule has 0 aliphatic carbocycles. The monoisotopic (exact) mass is 316 g/mol. The highest BCUT2D eigenvalue weighted by Crippen LogP contribution is 2.27. The summed E-state index contributed by atoms with van der Waals surface area (Å²) >= 11 is 1.69. The van der Waals surface area contributed by atoms with Gasteiger partial charge in [-0.3, -0.25) is 4.79 Å². The Balaban J connectivity index is 1.75. The van der Waals surface area contributed by atoms with Crippen molar-refractivity contribution in [2.24, 2.45) is 5.92 Å². The van der Waals surface area contributed by atoms with Gasteiger partial charge in [0.15, 0.2) is 0 Å². The predicted octanol–water partition coefficient (Wildman–Crippen LogP) is 3.67. The Hall–Kier alpha value is -1.88. The maximum absolute atomic E-state index is 11.2. The molecule has 3 rings (SSSR count). The van der Waals surface area contributed by atoms with E-state index in [0.717, 1.165) is 47.8 Å². The summed E-state index contributed by atoms with van der Waals surface area (Å²) in [5.74, 6) is -0.935. The van der Waals surface area contributed by atoms with Gasteiger partial charge < -0.3 is 10.0 Å². The number of aryl methyl sites for hydroxylation is 1. The van der Waals surface area contributed by atoms with Gasteiger partial charge in [0.1, 0.15) is 0 Å². The lowest BCUT2D eigenvalue weighted by Gasteiger charge is -2.32. The number of thiazole rings is 1. The quantitative estimate of drug-likeness (QED) is 0.935. The number of anilines is 1. The van der Waals surface area contributed by atoms with Gasteiger partial charge in [0.25, 0.3) is 0 Å². The van der Waals surface area contributed by atoms with Crippen LogP contribution < -0.4 is 4.90 Å². The van der Waals surface area contributed by atoms with Crippen molar-refractivity contribution in [1.82, 2.24) is 4.98 Å². The first-order valence-corrected chi connectivity index (χ1v) is 8.58. The lowest BCUT2D eigenvalue weighted by Crippen LogP contribution is -2.38. The number of aliphatic carboxylic acids is 1. The molecule has 2 aromatic rings. The topological polar surface area (TPSA) is 53.4 Å². The van der Waals surface area contributed by atoms with E-state index in [1.807, 2.05) is 0 Å². The van der Waals surface area contributed by atoms with Crippen LogP contribution in [-0.4, -0.2) is 29.1 Å². The minimum Gasteiger partial charge on any atom is -0.481 e. The van der Waals surface area contributed by atoms with Gasteiger partial charge in [0.05, 0.1) is 16.6 Å². The molecule has 0 amide bonds. The van der Waals surface area contributed by atoms with Crippen molar-refractivity contribution >= 4 is 23.0 Å². The van der Waals surface area contributed by atoms with E-state index >= 15 is 0 Å². The molecule has 22 heavy (non-hydrogen) atoms. The molecule has 0 radical (unpaired) electrons. The molecule has 5 heteroatoms. The van der Waals surface area contributed by atoms with Crippen molar-refractivity contribution in [3.8, 4) is 11.3 Å². The van der Waals surface area contributed by atoms with Crippen LogP contribution in [0.15, 0.2) is 29.6 Å². The zero-order valence-electron chi connectivity index (χ0n) is 12.7. The van der Waals surface area contributed by atoms with Gasteiger partial charge in [-0.25, -0.2) is 4.98 Å². The Kier molecular flexibility index (Phi) is 4.43. The van der Waals surface area contributed by atoms with E-state index < -0.39 is 5.97 Å². The molecule has 2 heterocycles. The summed E-state index contributed by atoms with van der Waals surface area (Å²) in [6.45, 7) is 3.64. The summed E-state index contributed by atoms with van der Waals surface area (Å²) in [4.78, 5) is 17.9. The van der Waals surface area contributed by atoms with Gasteiger partial charge in [-0.1, -0.05) is 19.1 Å². The smallest absolute Gasteiger partial charge is 0.308 e. The first kappa shape index (κ1) is 15.0. The van der Waals surface area contributed by atoms with Crippen LogP contribution >= 0.6 is 11.3 Å². The number of rotatable bonds is 4. The van der Waals surface area contributed by atoms with E-state index in [1.54, 1.807) is 11.3 Å². The van der Waals surface area contributed by atoms with Gasteiger partial charge >= 0.3 is 5.97 Å². The highest BCUT2D eigenvalue weighted by molar-refractivity contribution is 7.09. The molecule has 1 aromatic carbocycles. The van der Waals surface area contributed by atoms with Crippen molar-refractivity contribution in [2.45, 2.75) is 26.2 Å². The molecule has 0 spiro atoms. The molecule has 116 valence electrons. The van der Waals surface area contributed by atoms with Gasteiger partial charge in [-0.05, 0) is 31.4 Å². The molecule has 1 saturated heterocycles. The molecule has 1 atom stereocenters. The van der Waals surface area contributed by atoms with Crippen LogP contribution in [0.4, 0.5) is 5.69 Å². The third kappa shape index (κ3) is 3.14. The number of hydrogen-bond donors (Lipinski definition) is 1. The third-order valence-electron chi connectivity index (χ3n) is 4.15. The summed E-state index contributed by atoms with van der Waals surface area (Å²) in [7, 11) is 0. The standard InChI is InChI=1S/C17H20N2O2S/c1-2-16-18-15(11-22-16)12-5-7-14(8-6-12)19-9-3-4-13(10-19)17(20)21/h5-8,11,13H,2-4,9-10H2,1H3,(H,20,21). The van der Waals surface area contributed by atoms with E-state index in [4.69, 9.17) is 0 Å². The molecular formula is C17H20N2O2S. The fourth-order valence-corrected chi connectivity index (χ4v) is 3.62. The first-order chi connectivity index (χ1) is 10.7. The number of carbonyl (C=O) groups is 1. The second-order valence-corrected chi connectivity index (χ2v) is 6.59. The molecule has 0 bridgehead atoms. The highest BCUT2D eigenvalue weighted by Gasteiger charge is 2.25. The second-order valence-electron chi connectivity index (χ2n) is 5.65. The number of piperidine rings is 1. The summed E-state index contributed by atoms with van der Waals surface area (Å²) in [6, 6.07) is 8.30. The van der Waals surface area contributed by atoms with Crippen molar-refractivity contribution in [1.29, 1.82) is 0 Å². The Labute approximate surface area is 134 Å². The molecule has 1 aliphatic heterocycles. The van der Waals surface area contributed by atoms with Gasteiger partial charge in [0.2, 0.25) is 0 Å². The Morgan fingerprint density at radius 1 is 1.41 bits per heavy atom. The minimum absolute atomic E-state index is 0.251. The summed E-state index contributed by atoms with van der Waals surface area (Å²) in [5, 5.41) is 12.4. The Bertz CT molecular complexity index is 651. The number of benzene rings is 1. The second kappa shape index (κ2) is 6.48. The van der Waals surface area contributed by atoms with E-state index in [9.17, 15) is 9.90 Å². The van der Waals surface area contributed by atoms with Crippen molar-refractivity contribution < 1.29 is 9.90 Å². The normalized spacial score (nSPS) is 18.4. The van der Waals surface area contributed by atoms with Crippen LogP contribution in [-0.2, 0) is 11.2 Å². The lowest BCUT2D eigenvalue weighted by molar-refractivity contribution is -0.141. The summed E-state index contributed by atoms with van der Waals surface area (Å²) in [6.07, 6.45) is 2.68. The zero-order chi connectivity index (χ0) is 15.5. The SMILES string of the molecule is CCc1nc(-c2ccc(N3CCCC(C(=O)O)C3)cc2)cs1. The highest BCUT2D eigenvalue weighted by atomic mass is 32.1. The minimum atomic E-state index is -0.684. The average Bonchev–Trinajstić information content (AvgIpc) is 3.04. The third-order valence-corrected chi connectivity index (χ3v) is 5.15. The van der Waals surface area contributed by atoms with Gasteiger partial charge in [0, 0.05) is 29.7 Å². The van der Waals surface area contributed by atoms with Gasteiger partial charge in [-0.2, -0.15) is 0 Å². The zero-order valence-corrected chi connectivity index (χ0v) is 13.5. The van der Waals surface area contributed by atoms with E-state index in [-0.39, 0.29) is 5.92 Å². The maximum atomic E-state index is 11.2. The number of aromatic nitrogens is 1. The van der Waals surface area contributed by atoms with E-state index in [2.05, 4.69) is 46.5 Å². The van der Waals surface area contributed by atoms with Crippen LogP contribution in [0.25, 0.3) is 11.3 Å². The predicted molar refractivity (Wildman–Crippen MR) is 89.5 cm³/mol. The average molecular weight is 316 g/mol. The molecular weight excluding hydrogens is 296 g/mol. The first-order valence-electron chi connectivity index (χ1n) is 7.70. The molecule has 1 unspecified atom stereocenters. The fraction of sp³-hybridized carbons (Fsp3) is 0.412. The molecule has 1 aromatic heterocycles. The molecule has 0 saturated carbocycles.